The Bertz CT molecular complexity index is 530. The van der Waals surface area contributed by atoms with Gasteiger partial charge in [-0.3, -0.25) is 0 Å². The smallest absolute Gasteiger partial charge is 0.243 e. The van der Waals surface area contributed by atoms with Gasteiger partial charge in [-0.2, -0.15) is 4.31 Å². The van der Waals surface area contributed by atoms with Gasteiger partial charge in [0.05, 0.1) is 11.0 Å². The van der Waals surface area contributed by atoms with Crippen LogP contribution in [0.4, 0.5) is 4.39 Å². The number of hydrogen-bond acceptors (Lipinski definition) is 3. The first-order valence-corrected chi connectivity index (χ1v) is 7.29. The predicted octanol–water partition coefficient (Wildman–Crippen LogP) is 1.22. The predicted molar refractivity (Wildman–Crippen MR) is 64.9 cm³/mol. The van der Waals surface area contributed by atoms with Gasteiger partial charge in [0.2, 0.25) is 10.0 Å². The van der Waals surface area contributed by atoms with Crippen molar-refractivity contribution in [1.29, 1.82) is 0 Å². The van der Waals surface area contributed by atoms with Gasteiger partial charge in [0.1, 0.15) is 5.82 Å². The molecule has 1 heterocycles. The van der Waals surface area contributed by atoms with Crippen LogP contribution in [0.2, 0.25) is 0 Å². The summed E-state index contributed by atoms with van der Waals surface area (Å²) in [6.45, 7) is 2.31. The van der Waals surface area contributed by atoms with Crippen molar-refractivity contribution in [3.8, 4) is 0 Å². The zero-order valence-electron chi connectivity index (χ0n) is 10.1. The first-order chi connectivity index (χ1) is 8.41. The lowest BCUT2D eigenvalue weighted by Gasteiger charge is -2.17. The summed E-state index contributed by atoms with van der Waals surface area (Å²) in [5.41, 5.74) is 0. The second-order valence-corrected chi connectivity index (χ2v) is 6.55. The van der Waals surface area contributed by atoms with E-state index in [0.29, 0.717) is 13.0 Å². The molecule has 100 valence electrons. The summed E-state index contributed by atoms with van der Waals surface area (Å²) in [7, 11) is -3.65. The molecular formula is C12H16FNO3S. The van der Waals surface area contributed by atoms with Crippen LogP contribution >= 0.6 is 0 Å². The molecule has 1 N–H and O–H groups in total. The van der Waals surface area contributed by atoms with Crippen molar-refractivity contribution in [1.82, 2.24) is 4.31 Å². The minimum absolute atomic E-state index is 0.0336. The number of rotatable bonds is 3. The highest BCUT2D eigenvalue weighted by molar-refractivity contribution is 7.89. The standard InChI is InChI=1S/C12H16FNO3S/c1-9(15)10-5-6-14(8-10)18(16,17)12-4-2-3-11(13)7-12/h2-4,7,9-10,15H,5-6,8H2,1H3. The van der Waals surface area contributed by atoms with Crippen LogP contribution < -0.4 is 0 Å². The van der Waals surface area contributed by atoms with Crippen LogP contribution in [0.5, 0.6) is 0 Å². The second kappa shape index (κ2) is 4.95. The molecule has 1 aliphatic heterocycles. The summed E-state index contributed by atoms with van der Waals surface area (Å²) < 4.78 is 38.8. The van der Waals surface area contributed by atoms with Crippen molar-refractivity contribution in [3.63, 3.8) is 0 Å². The summed E-state index contributed by atoms with van der Waals surface area (Å²) >= 11 is 0. The van der Waals surface area contributed by atoms with Crippen LogP contribution in [-0.2, 0) is 10.0 Å². The van der Waals surface area contributed by atoms with Crippen molar-refractivity contribution in [2.75, 3.05) is 13.1 Å². The minimum atomic E-state index is -3.65. The molecule has 2 rings (SSSR count). The number of hydrogen-bond donors (Lipinski definition) is 1. The highest BCUT2D eigenvalue weighted by atomic mass is 32.2. The molecule has 0 amide bonds. The van der Waals surface area contributed by atoms with Crippen molar-refractivity contribution in [3.05, 3.63) is 30.1 Å². The SMILES string of the molecule is CC(O)C1CCN(S(=O)(=O)c2cccc(F)c2)C1. The summed E-state index contributed by atoms with van der Waals surface area (Å²) in [4.78, 5) is -0.0336. The Balaban J connectivity index is 2.23. The van der Waals surface area contributed by atoms with E-state index in [0.717, 1.165) is 6.07 Å². The lowest BCUT2D eigenvalue weighted by molar-refractivity contribution is 0.133. The average molecular weight is 273 g/mol. The highest BCUT2D eigenvalue weighted by Crippen LogP contribution is 2.26. The van der Waals surface area contributed by atoms with Crippen molar-refractivity contribution < 1.29 is 17.9 Å². The summed E-state index contributed by atoms with van der Waals surface area (Å²) in [5, 5.41) is 9.47. The molecule has 6 heteroatoms. The third-order valence-electron chi connectivity index (χ3n) is 3.30. The van der Waals surface area contributed by atoms with E-state index in [9.17, 15) is 17.9 Å². The fourth-order valence-electron chi connectivity index (χ4n) is 2.14. The average Bonchev–Trinajstić information content (AvgIpc) is 2.79. The molecule has 1 aromatic carbocycles. The molecule has 1 saturated heterocycles. The number of aliphatic hydroxyl groups is 1. The topological polar surface area (TPSA) is 57.6 Å². The fourth-order valence-corrected chi connectivity index (χ4v) is 3.69. The zero-order valence-corrected chi connectivity index (χ0v) is 10.9. The number of sulfonamides is 1. The maximum Gasteiger partial charge on any atom is 0.243 e. The van der Waals surface area contributed by atoms with Gasteiger partial charge in [-0.25, -0.2) is 12.8 Å². The Morgan fingerprint density at radius 3 is 2.78 bits per heavy atom. The molecule has 18 heavy (non-hydrogen) atoms. The van der Waals surface area contributed by atoms with Gasteiger partial charge >= 0.3 is 0 Å². The molecular weight excluding hydrogens is 257 g/mol. The molecule has 4 nitrogen and oxygen atoms in total. The van der Waals surface area contributed by atoms with E-state index in [4.69, 9.17) is 0 Å². The van der Waals surface area contributed by atoms with E-state index in [1.807, 2.05) is 0 Å². The van der Waals surface area contributed by atoms with Gasteiger partial charge in [-0.15, -0.1) is 0 Å². The van der Waals surface area contributed by atoms with E-state index in [1.54, 1.807) is 6.92 Å². The molecule has 0 radical (unpaired) electrons. The number of nitrogens with zero attached hydrogens (tertiary/aromatic N) is 1. The van der Waals surface area contributed by atoms with Crippen LogP contribution in [0.1, 0.15) is 13.3 Å². The summed E-state index contributed by atoms with van der Waals surface area (Å²) in [5.74, 6) is -0.615. The number of aliphatic hydroxyl groups excluding tert-OH is 1. The minimum Gasteiger partial charge on any atom is -0.393 e. The van der Waals surface area contributed by atoms with Gasteiger partial charge in [0, 0.05) is 13.1 Å². The lowest BCUT2D eigenvalue weighted by Crippen LogP contribution is -2.30. The van der Waals surface area contributed by atoms with Crippen LogP contribution in [0.3, 0.4) is 0 Å². The molecule has 0 bridgehead atoms. The monoisotopic (exact) mass is 273 g/mol. The highest BCUT2D eigenvalue weighted by Gasteiger charge is 2.34. The molecule has 0 spiro atoms. The Morgan fingerprint density at radius 1 is 1.50 bits per heavy atom. The Labute approximate surface area is 106 Å². The lowest BCUT2D eigenvalue weighted by atomic mass is 10.0. The Hall–Kier alpha value is -0.980. The molecule has 2 atom stereocenters. The molecule has 1 aliphatic rings. The second-order valence-electron chi connectivity index (χ2n) is 4.61. The van der Waals surface area contributed by atoms with Gasteiger partial charge < -0.3 is 5.11 Å². The van der Waals surface area contributed by atoms with Gasteiger partial charge in [0.25, 0.3) is 0 Å². The quantitative estimate of drug-likeness (QED) is 0.900. The number of benzene rings is 1. The van der Waals surface area contributed by atoms with E-state index in [2.05, 4.69) is 0 Å². The van der Waals surface area contributed by atoms with Crippen LogP contribution in [0.25, 0.3) is 0 Å². The van der Waals surface area contributed by atoms with E-state index in [1.165, 1.54) is 22.5 Å². The van der Waals surface area contributed by atoms with E-state index < -0.39 is 21.9 Å². The van der Waals surface area contributed by atoms with E-state index in [-0.39, 0.29) is 17.4 Å². The number of halogens is 1. The summed E-state index contributed by atoms with van der Waals surface area (Å²) in [6, 6.07) is 4.99. The maximum atomic E-state index is 13.1. The normalized spacial score (nSPS) is 23.2. The maximum absolute atomic E-state index is 13.1. The van der Waals surface area contributed by atoms with Crippen LogP contribution in [0, 0.1) is 11.7 Å². The summed E-state index contributed by atoms with van der Waals surface area (Å²) in [6.07, 6.45) is 0.101. The molecule has 1 aromatic rings. The van der Waals surface area contributed by atoms with Crippen molar-refractivity contribution in [2.24, 2.45) is 5.92 Å². The third-order valence-corrected chi connectivity index (χ3v) is 5.16. The molecule has 0 aliphatic carbocycles. The molecule has 1 fully saturated rings. The first-order valence-electron chi connectivity index (χ1n) is 5.85. The Kier molecular flexibility index (Phi) is 3.70. The third kappa shape index (κ3) is 2.55. The van der Waals surface area contributed by atoms with Gasteiger partial charge in [0.15, 0.2) is 0 Å². The largest absolute Gasteiger partial charge is 0.393 e. The molecule has 0 aromatic heterocycles. The molecule has 0 saturated carbocycles. The van der Waals surface area contributed by atoms with Crippen molar-refractivity contribution >= 4 is 10.0 Å². The fraction of sp³-hybridized carbons (Fsp3) is 0.500. The molecule has 2 unspecified atom stereocenters. The van der Waals surface area contributed by atoms with Crippen molar-refractivity contribution in [2.45, 2.75) is 24.3 Å². The Morgan fingerprint density at radius 2 is 2.22 bits per heavy atom. The first kappa shape index (κ1) is 13.5. The van der Waals surface area contributed by atoms with Crippen LogP contribution in [0.15, 0.2) is 29.2 Å². The van der Waals surface area contributed by atoms with Crippen LogP contribution in [-0.4, -0.2) is 37.0 Å². The van der Waals surface area contributed by atoms with E-state index >= 15 is 0 Å². The van der Waals surface area contributed by atoms with Gasteiger partial charge in [-0.05, 0) is 37.5 Å². The van der Waals surface area contributed by atoms with Gasteiger partial charge in [-0.1, -0.05) is 6.07 Å². The zero-order chi connectivity index (χ0) is 13.3.